The maximum Gasteiger partial charge on any atom is 0.335 e. The summed E-state index contributed by atoms with van der Waals surface area (Å²) in [7, 11) is 0. The first-order valence-corrected chi connectivity index (χ1v) is 11.8. The lowest BCUT2D eigenvalue weighted by molar-refractivity contribution is 0.0697. The van der Waals surface area contributed by atoms with E-state index in [9.17, 15) is 20.1 Å². The van der Waals surface area contributed by atoms with Crippen LogP contribution < -0.4 is 0 Å². The zero-order chi connectivity index (χ0) is 26.3. The van der Waals surface area contributed by atoms with Crippen LogP contribution in [0.1, 0.15) is 21.5 Å². The van der Waals surface area contributed by atoms with Crippen LogP contribution in [-0.4, -0.2) is 25.9 Å². The average Bonchev–Trinajstić information content (AvgIpc) is 3.15. The molecule has 184 valence electrons. The van der Waals surface area contributed by atoms with E-state index in [1.165, 1.54) is 12.1 Å². The average molecular weight is 512 g/mol. The Hall–Kier alpha value is -4.62. The van der Waals surface area contributed by atoms with E-state index in [2.05, 4.69) is 10.2 Å². The van der Waals surface area contributed by atoms with Crippen LogP contribution in [0.15, 0.2) is 89.1 Å². The van der Waals surface area contributed by atoms with Crippen molar-refractivity contribution in [3.05, 3.63) is 101 Å². The lowest BCUT2D eigenvalue weighted by Gasteiger charge is -2.09. The van der Waals surface area contributed by atoms with E-state index in [-0.39, 0.29) is 28.6 Å². The summed E-state index contributed by atoms with van der Waals surface area (Å²) in [5.41, 5.74) is 5.03. The number of hydrogen-bond donors (Lipinski definition) is 3. The number of rotatable bonds is 5. The van der Waals surface area contributed by atoms with Gasteiger partial charge in [-0.3, -0.25) is 4.57 Å². The largest absolute Gasteiger partial charge is 0.505 e. The number of azo groups is 1. The van der Waals surface area contributed by atoms with E-state index in [0.29, 0.717) is 27.1 Å². The van der Waals surface area contributed by atoms with Crippen LogP contribution in [0.4, 0.5) is 11.4 Å². The SMILES string of the molecule is Cc1ccc(-n2c(O)c(N=Nc3cccc(-c4cccc(C(=O)O)c4)c3O)c3ccc(Cl)cc32)cc1C. The number of carbonyl (C=O) groups is 1. The molecule has 0 unspecified atom stereocenters. The first kappa shape index (κ1) is 24.1. The van der Waals surface area contributed by atoms with Crippen LogP contribution in [0.2, 0.25) is 5.02 Å². The summed E-state index contributed by atoms with van der Waals surface area (Å²) in [6.45, 7) is 4.01. The van der Waals surface area contributed by atoms with Gasteiger partial charge in [0.25, 0.3) is 0 Å². The van der Waals surface area contributed by atoms with Crippen LogP contribution in [0.5, 0.6) is 11.6 Å². The van der Waals surface area contributed by atoms with Gasteiger partial charge in [0, 0.05) is 21.7 Å². The smallest absolute Gasteiger partial charge is 0.335 e. The number of hydrogen-bond acceptors (Lipinski definition) is 5. The van der Waals surface area contributed by atoms with Gasteiger partial charge in [-0.05, 0) is 79.1 Å². The maximum atomic E-state index is 11.4. The highest BCUT2D eigenvalue weighted by Gasteiger charge is 2.19. The number of carboxylic acid groups (broad SMARTS) is 1. The molecular formula is C29H22ClN3O4. The second-order valence-electron chi connectivity index (χ2n) is 8.70. The highest BCUT2D eigenvalue weighted by atomic mass is 35.5. The van der Waals surface area contributed by atoms with Gasteiger partial charge < -0.3 is 15.3 Å². The van der Waals surface area contributed by atoms with Crippen LogP contribution in [0.3, 0.4) is 0 Å². The van der Waals surface area contributed by atoms with Gasteiger partial charge in [-0.15, -0.1) is 10.2 Å². The molecule has 0 saturated heterocycles. The van der Waals surface area contributed by atoms with Crippen LogP contribution in [0, 0.1) is 13.8 Å². The molecule has 5 rings (SSSR count). The number of para-hydroxylation sites is 1. The Morgan fingerprint density at radius 2 is 1.65 bits per heavy atom. The number of nitrogens with zero attached hydrogens (tertiary/aromatic N) is 3. The normalized spacial score (nSPS) is 11.4. The Kier molecular flexibility index (Phi) is 6.15. The topological polar surface area (TPSA) is 107 Å². The number of fused-ring (bicyclic) bond motifs is 1. The number of phenolic OH excluding ortho intramolecular Hbond substituents is 1. The summed E-state index contributed by atoms with van der Waals surface area (Å²) in [6.07, 6.45) is 0. The van der Waals surface area contributed by atoms with E-state index in [0.717, 1.165) is 16.8 Å². The molecule has 0 atom stereocenters. The Morgan fingerprint density at radius 1 is 0.865 bits per heavy atom. The zero-order valence-corrected chi connectivity index (χ0v) is 20.7. The molecule has 0 bridgehead atoms. The van der Waals surface area contributed by atoms with Crippen LogP contribution >= 0.6 is 11.6 Å². The van der Waals surface area contributed by atoms with E-state index >= 15 is 0 Å². The van der Waals surface area contributed by atoms with Crippen molar-refractivity contribution in [1.29, 1.82) is 0 Å². The fourth-order valence-corrected chi connectivity index (χ4v) is 4.39. The minimum atomic E-state index is -1.06. The van der Waals surface area contributed by atoms with Crippen molar-refractivity contribution < 1.29 is 20.1 Å². The van der Waals surface area contributed by atoms with Gasteiger partial charge >= 0.3 is 5.97 Å². The monoisotopic (exact) mass is 511 g/mol. The molecule has 0 radical (unpaired) electrons. The number of phenols is 1. The van der Waals surface area contributed by atoms with Gasteiger partial charge in [0.15, 0.2) is 11.4 Å². The number of aromatic carboxylic acids is 1. The van der Waals surface area contributed by atoms with Crippen molar-refractivity contribution in [1.82, 2.24) is 4.57 Å². The molecule has 37 heavy (non-hydrogen) atoms. The Morgan fingerprint density at radius 3 is 2.41 bits per heavy atom. The number of aromatic hydroxyl groups is 2. The lowest BCUT2D eigenvalue weighted by Crippen LogP contribution is -1.95. The molecule has 1 heterocycles. The first-order valence-electron chi connectivity index (χ1n) is 11.4. The van der Waals surface area contributed by atoms with Crippen molar-refractivity contribution in [2.75, 3.05) is 0 Å². The molecule has 8 heteroatoms. The molecule has 0 aliphatic rings. The van der Waals surface area contributed by atoms with Crippen molar-refractivity contribution in [3.63, 3.8) is 0 Å². The van der Waals surface area contributed by atoms with E-state index in [1.807, 2.05) is 32.0 Å². The summed E-state index contributed by atoms with van der Waals surface area (Å²) in [6, 6.07) is 22.3. The predicted molar refractivity (Wildman–Crippen MR) is 144 cm³/mol. The van der Waals surface area contributed by atoms with Crippen molar-refractivity contribution in [3.8, 4) is 28.4 Å². The predicted octanol–water partition coefficient (Wildman–Crippen LogP) is 8.09. The molecule has 0 saturated carbocycles. The van der Waals surface area contributed by atoms with E-state index < -0.39 is 5.97 Å². The van der Waals surface area contributed by atoms with E-state index in [1.54, 1.807) is 53.1 Å². The molecule has 0 aliphatic heterocycles. The molecule has 4 aromatic carbocycles. The Labute approximate surface area is 217 Å². The number of halogens is 1. The van der Waals surface area contributed by atoms with Crippen molar-refractivity contribution in [2.45, 2.75) is 13.8 Å². The molecule has 7 nitrogen and oxygen atoms in total. The quantitative estimate of drug-likeness (QED) is 0.207. The summed E-state index contributed by atoms with van der Waals surface area (Å²) in [5, 5.41) is 41.2. The lowest BCUT2D eigenvalue weighted by atomic mass is 10.0. The number of benzene rings is 4. The molecule has 0 spiro atoms. The summed E-state index contributed by atoms with van der Waals surface area (Å²) in [5.74, 6) is -1.34. The van der Waals surface area contributed by atoms with Crippen molar-refractivity contribution >= 4 is 39.8 Å². The van der Waals surface area contributed by atoms with Gasteiger partial charge in [0.2, 0.25) is 5.88 Å². The second kappa shape index (κ2) is 9.44. The molecule has 0 fully saturated rings. The van der Waals surface area contributed by atoms with E-state index in [4.69, 9.17) is 11.6 Å². The van der Waals surface area contributed by atoms with Crippen LogP contribution in [0.25, 0.3) is 27.7 Å². The minimum absolute atomic E-state index is 0.103. The molecule has 1 aromatic heterocycles. The molecular weight excluding hydrogens is 490 g/mol. The Bertz CT molecular complexity index is 1720. The highest BCUT2D eigenvalue weighted by molar-refractivity contribution is 6.31. The van der Waals surface area contributed by atoms with Gasteiger partial charge in [0.05, 0.1) is 11.1 Å². The zero-order valence-electron chi connectivity index (χ0n) is 20.0. The third kappa shape index (κ3) is 4.41. The van der Waals surface area contributed by atoms with Crippen LogP contribution in [-0.2, 0) is 0 Å². The summed E-state index contributed by atoms with van der Waals surface area (Å²) in [4.78, 5) is 11.4. The standard InChI is InChI=1S/C29H22ClN3O4/c1-16-9-11-21(13-17(16)2)33-25-15-20(30)10-12-23(25)26(28(33)35)32-31-24-8-4-7-22(27(24)34)18-5-3-6-19(14-18)29(36)37/h3-15,34-35H,1-2H3,(H,36,37). The third-order valence-electron chi connectivity index (χ3n) is 6.32. The van der Waals surface area contributed by atoms with Gasteiger partial charge in [0.1, 0.15) is 5.69 Å². The summed E-state index contributed by atoms with van der Waals surface area (Å²) >= 11 is 6.28. The highest BCUT2D eigenvalue weighted by Crippen LogP contribution is 2.44. The fourth-order valence-electron chi connectivity index (χ4n) is 4.22. The van der Waals surface area contributed by atoms with Crippen molar-refractivity contribution in [2.24, 2.45) is 10.2 Å². The fraction of sp³-hybridized carbons (Fsp3) is 0.0690. The second-order valence-corrected chi connectivity index (χ2v) is 9.13. The maximum absolute atomic E-state index is 11.4. The van der Waals surface area contributed by atoms with Gasteiger partial charge in [-0.2, -0.15) is 0 Å². The third-order valence-corrected chi connectivity index (χ3v) is 6.56. The summed E-state index contributed by atoms with van der Waals surface area (Å²) < 4.78 is 1.66. The number of carboxylic acids is 1. The number of aromatic nitrogens is 1. The first-order chi connectivity index (χ1) is 17.7. The van der Waals surface area contributed by atoms with Gasteiger partial charge in [-0.25, -0.2) is 4.79 Å². The molecule has 0 amide bonds. The minimum Gasteiger partial charge on any atom is -0.505 e. The molecule has 0 aliphatic carbocycles. The van der Waals surface area contributed by atoms with Gasteiger partial charge in [-0.1, -0.05) is 41.9 Å². The molecule has 5 aromatic rings. The number of aryl methyl sites for hydroxylation is 2. The molecule has 3 N–H and O–H groups in total. The Balaban J connectivity index is 1.62.